The second-order valence-corrected chi connectivity index (χ2v) is 6.87. The Morgan fingerprint density at radius 1 is 1.33 bits per heavy atom. The van der Waals surface area contributed by atoms with Gasteiger partial charge in [0.2, 0.25) is 10.0 Å². The molecule has 0 unspecified atom stereocenters. The van der Waals surface area contributed by atoms with Crippen molar-refractivity contribution in [1.82, 2.24) is 5.32 Å². The molecule has 0 radical (unpaired) electrons. The maximum atomic E-state index is 13.4. The summed E-state index contributed by atoms with van der Waals surface area (Å²) in [6.07, 6.45) is 2.93. The molecule has 0 atom stereocenters. The number of nitrogens with two attached hydrogens (primary N) is 1. The summed E-state index contributed by atoms with van der Waals surface area (Å²) in [4.78, 5) is 11.2. The van der Waals surface area contributed by atoms with Crippen molar-refractivity contribution in [3.05, 3.63) is 29.6 Å². The maximum Gasteiger partial charge on any atom is 0.251 e. The van der Waals surface area contributed by atoms with Crippen LogP contribution in [0.1, 0.15) is 43.5 Å². The van der Waals surface area contributed by atoms with Crippen LogP contribution < -0.4 is 10.5 Å². The van der Waals surface area contributed by atoms with Gasteiger partial charge in [-0.25, -0.2) is 17.9 Å². The van der Waals surface area contributed by atoms with Crippen molar-refractivity contribution in [2.75, 3.05) is 6.54 Å². The van der Waals surface area contributed by atoms with Crippen LogP contribution >= 0.6 is 0 Å². The van der Waals surface area contributed by atoms with E-state index in [0.717, 1.165) is 31.4 Å². The first-order chi connectivity index (χ1) is 9.71. The molecule has 7 heteroatoms. The molecule has 0 saturated carbocycles. The van der Waals surface area contributed by atoms with Crippen LogP contribution in [0.5, 0.6) is 0 Å². The van der Waals surface area contributed by atoms with Crippen molar-refractivity contribution in [3.63, 3.8) is 0 Å². The zero-order valence-corrected chi connectivity index (χ0v) is 13.0. The number of sulfonamides is 1. The number of hydrogen-bond donors (Lipinski definition) is 2. The molecule has 1 aromatic rings. The molecular formula is C14H21FN2O3S. The molecule has 0 bridgehead atoms. The standard InChI is InChI=1S/C14H21FN2O3S/c1-10(2)5-3-4-8-17-14(18)11-6-7-12(15)13(9-11)21(16,19)20/h6-7,9-10H,3-5,8H2,1-2H3,(H,17,18)(H2,16,19,20). The van der Waals surface area contributed by atoms with E-state index in [1.807, 2.05) is 0 Å². The molecule has 21 heavy (non-hydrogen) atoms. The quantitative estimate of drug-likeness (QED) is 0.754. The fourth-order valence-electron chi connectivity index (χ4n) is 1.84. The smallest absolute Gasteiger partial charge is 0.251 e. The number of nitrogens with one attached hydrogen (secondary N) is 1. The Hall–Kier alpha value is -1.47. The third-order valence-electron chi connectivity index (χ3n) is 2.99. The third kappa shape index (κ3) is 5.81. The van der Waals surface area contributed by atoms with Gasteiger partial charge in [0, 0.05) is 12.1 Å². The van der Waals surface area contributed by atoms with Crippen LogP contribution in [0.4, 0.5) is 4.39 Å². The van der Waals surface area contributed by atoms with Gasteiger partial charge in [-0.1, -0.05) is 26.7 Å². The van der Waals surface area contributed by atoms with Gasteiger partial charge < -0.3 is 5.32 Å². The SMILES string of the molecule is CC(C)CCCCNC(=O)c1ccc(F)c(S(N)(=O)=O)c1. The van der Waals surface area contributed by atoms with E-state index >= 15 is 0 Å². The van der Waals surface area contributed by atoms with Gasteiger partial charge in [-0.05, 0) is 30.5 Å². The summed E-state index contributed by atoms with van der Waals surface area (Å²) in [5.74, 6) is -0.787. The van der Waals surface area contributed by atoms with Crippen LogP contribution in [-0.2, 0) is 10.0 Å². The predicted molar refractivity (Wildman–Crippen MR) is 78.8 cm³/mol. The topological polar surface area (TPSA) is 89.3 Å². The molecule has 0 saturated heterocycles. The zero-order valence-electron chi connectivity index (χ0n) is 12.2. The number of halogens is 1. The summed E-state index contributed by atoms with van der Waals surface area (Å²) in [5, 5.41) is 7.57. The van der Waals surface area contributed by atoms with Crippen LogP contribution in [0.25, 0.3) is 0 Å². The molecule has 3 N–H and O–H groups in total. The Balaban J connectivity index is 2.63. The average Bonchev–Trinajstić information content (AvgIpc) is 2.36. The highest BCUT2D eigenvalue weighted by molar-refractivity contribution is 7.89. The van der Waals surface area contributed by atoms with Crippen molar-refractivity contribution in [2.24, 2.45) is 11.1 Å². The van der Waals surface area contributed by atoms with Crippen LogP contribution in [0, 0.1) is 11.7 Å². The lowest BCUT2D eigenvalue weighted by Crippen LogP contribution is -2.25. The summed E-state index contributed by atoms with van der Waals surface area (Å²) in [7, 11) is -4.18. The van der Waals surface area contributed by atoms with E-state index in [2.05, 4.69) is 19.2 Å². The molecule has 0 aliphatic carbocycles. The molecule has 0 aliphatic heterocycles. The molecule has 0 fully saturated rings. The largest absolute Gasteiger partial charge is 0.352 e. The predicted octanol–water partition coefficient (Wildman–Crippen LogP) is 2.03. The van der Waals surface area contributed by atoms with Crippen molar-refractivity contribution in [1.29, 1.82) is 0 Å². The molecular weight excluding hydrogens is 295 g/mol. The van der Waals surface area contributed by atoms with Gasteiger partial charge in [0.1, 0.15) is 10.7 Å². The van der Waals surface area contributed by atoms with E-state index in [1.165, 1.54) is 6.07 Å². The number of rotatable bonds is 7. The summed E-state index contributed by atoms with van der Waals surface area (Å²) in [5.41, 5.74) is 0.0734. The van der Waals surface area contributed by atoms with Crippen LogP contribution in [0.2, 0.25) is 0 Å². The van der Waals surface area contributed by atoms with Crippen LogP contribution in [0.3, 0.4) is 0 Å². The Kier molecular flexibility index (Phi) is 6.29. The average molecular weight is 316 g/mol. The first kappa shape index (κ1) is 17.6. The number of carbonyl (C=O) groups excluding carboxylic acids is 1. The minimum absolute atomic E-state index is 0.0734. The Labute approximate surface area is 124 Å². The molecule has 0 aliphatic rings. The number of hydrogen-bond acceptors (Lipinski definition) is 3. The van der Waals surface area contributed by atoms with Gasteiger partial charge in [0.05, 0.1) is 0 Å². The normalized spacial score (nSPS) is 11.7. The number of amides is 1. The molecule has 0 spiro atoms. The molecule has 1 rings (SSSR count). The highest BCUT2D eigenvalue weighted by atomic mass is 32.2. The molecule has 118 valence electrons. The number of benzene rings is 1. The van der Waals surface area contributed by atoms with Crippen LogP contribution in [0.15, 0.2) is 23.1 Å². The lowest BCUT2D eigenvalue weighted by molar-refractivity contribution is 0.0952. The summed E-state index contributed by atoms with van der Waals surface area (Å²) in [6, 6.07) is 3.11. The highest BCUT2D eigenvalue weighted by Gasteiger charge is 2.17. The minimum Gasteiger partial charge on any atom is -0.352 e. The minimum atomic E-state index is -4.18. The lowest BCUT2D eigenvalue weighted by atomic mass is 10.1. The fraction of sp³-hybridized carbons (Fsp3) is 0.500. The second-order valence-electron chi connectivity index (χ2n) is 5.34. The van der Waals surface area contributed by atoms with Crippen molar-refractivity contribution >= 4 is 15.9 Å². The third-order valence-corrected chi connectivity index (χ3v) is 3.92. The first-order valence-corrected chi connectivity index (χ1v) is 8.37. The van der Waals surface area contributed by atoms with E-state index < -0.39 is 26.6 Å². The molecule has 0 aromatic heterocycles. The number of primary sulfonamides is 1. The lowest BCUT2D eigenvalue weighted by Gasteiger charge is -2.08. The van der Waals surface area contributed by atoms with E-state index in [-0.39, 0.29) is 5.56 Å². The second kappa shape index (κ2) is 7.51. The maximum absolute atomic E-state index is 13.4. The van der Waals surface area contributed by atoms with Gasteiger partial charge in [-0.15, -0.1) is 0 Å². The van der Waals surface area contributed by atoms with Crippen molar-refractivity contribution in [2.45, 2.75) is 38.0 Å². The van der Waals surface area contributed by atoms with E-state index in [4.69, 9.17) is 5.14 Å². The summed E-state index contributed by atoms with van der Waals surface area (Å²) in [6.45, 7) is 4.76. The Morgan fingerprint density at radius 3 is 2.57 bits per heavy atom. The number of carbonyl (C=O) groups is 1. The molecule has 1 aromatic carbocycles. The highest BCUT2D eigenvalue weighted by Crippen LogP contribution is 2.15. The van der Waals surface area contributed by atoms with Gasteiger partial charge in [-0.2, -0.15) is 0 Å². The van der Waals surface area contributed by atoms with Gasteiger partial charge in [0.25, 0.3) is 5.91 Å². The molecule has 1 amide bonds. The Bertz CT molecular complexity index is 600. The van der Waals surface area contributed by atoms with E-state index in [1.54, 1.807) is 0 Å². The van der Waals surface area contributed by atoms with Crippen LogP contribution in [-0.4, -0.2) is 20.9 Å². The fourth-order valence-corrected chi connectivity index (χ4v) is 2.48. The summed E-state index contributed by atoms with van der Waals surface area (Å²) >= 11 is 0. The monoisotopic (exact) mass is 316 g/mol. The van der Waals surface area contributed by atoms with Gasteiger partial charge in [-0.3, -0.25) is 4.79 Å². The first-order valence-electron chi connectivity index (χ1n) is 6.82. The van der Waals surface area contributed by atoms with Gasteiger partial charge >= 0.3 is 0 Å². The molecule has 5 nitrogen and oxygen atoms in total. The Morgan fingerprint density at radius 2 is 2.00 bits per heavy atom. The van der Waals surface area contributed by atoms with Gasteiger partial charge in [0.15, 0.2) is 0 Å². The molecule has 0 heterocycles. The zero-order chi connectivity index (χ0) is 16.0. The summed E-state index contributed by atoms with van der Waals surface area (Å²) < 4.78 is 35.8. The van der Waals surface area contributed by atoms with Crippen molar-refractivity contribution in [3.8, 4) is 0 Å². The van der Waals surface area contributed by atoms with E-state index in [0.29, 0.717) is 12.5 Å². The number of unbranched alkanes of at least 4 members (excludes halogenated alkanes) is 1. The van der Waals surface area contributed by atoms with E-state index in [9.17, 15) is 17.6 Å². The van der Waals surface area contributed by atoms with Crippen molar-refractivity contribution < 1.29 is 17.6 Å².